The first kappa shape index (κ1) is 11.3. The first-order chi connectivity index (χ1) is 9.16. The van der Waals surface area contributed by atoms with E-state index in [0.29, 0.717) is 17.0 Å². The highest BCUT2D eigenvalue weighted by Crippen LogP contribution is 2.29. The number of nitro groups is 1. The van der Waals surface area contributed by atoms with Crippen LogP contribution < -0.4 is 0 Å². The molecule has 19 heavy (non-hydrogen) atoms. The zero-order chi connectivity index (χ0) is 13.4. The van der Waals surface area contributed by atoms with Crippen molar-refractivity contribution in [3.8, 4) is 11.3 Å². The third kappa shape index (κ3) is 1.83. The molecule has 6 nitrogen and oxygen atoms in total. The van der Waals surface area contributed by atoms with Crippen molar-refractivity contribution in [2.75, 3.05) is 0 Å². The maximum Gasteiger partial charge on any atom is 0.278 e. The molecule has 0 unspecified atom stereocenters. The Labute approximate surface area is 108 Å². The van der Waals surface area contributed by atoms with Crippen molar-refractivity contribution < 1.29 is 4.92 Å². The lowest BCUT2D eigenvalue weighted by atomic mass is 10.1. The maximum atomic E-state index is 11.1. The van der Waals surface area contributed by atoms with E-state index in [2.05, 4.69) is 9.97 Å². The van der Waals surface area contributed by atoms with Gasteiger partial charge < -0.3 is 0 Å². The third-order valence-corrected chi connectivity index (χ3v) is 2.87. The summed E-state index contributed by atoms with van der Waals surface area (Å²) >= 11 is 0. The summed E-state index contributed by atoms with van der Waals surface area (Å²) in [6.07, 6.45) is 3.42. The molecule has 0 saturated heterocycles. The van der Waals surface area contributed by atoms with Gasteiger partial charge in [-0.15, -0.1) is 0 Å². The number of aromatic nitrogens is 3. The molecule has 3 rings (SSSR count). The molecule has 2 heterocycles. The predicted octanol–water partition coefficient (Wildman–Crippen LogP) is 2.61. The molecule has 0 aliphatic heterocycles. The monoisotopic (exact) mass is 254 g/mol. The number of aryl methyl sites for hydroxylation is 1. The van der Waals surface area contributed by atoms with Crippen LogP contribution in [-0.2, 0) is 0 Å². The van der Waals surface area contributed by atoms with Gasteiger partial charge in [0.25, 0.3) is 5.69 Å². The fourth-order valence-corrected chi connectivity index (χ4v) is 2.08. The van der Waals surface area contributed by atoms with E-state index in [9.17, 15) is 10.1 Å². The van der Waals surface area contributed by atoms with Gasteiger partial charge in [-0.1, -0.05) is 12.1 Å². The van der Waals surface area contributed by atoms with E-state index in [1.165, 1.54) is 6.07 Å². The second kappa shape index (κ2) is 4.16. The number of hydrogen-bond acceptors (Lipinski definition) is 4. The van der Waals surface area contributed by atoms with E-state index in [1.807, 2.05) is 13.1 Å². The van der Waals surface area contributed by atoms with Gasteiger partial charge in [0.2, 0.25) is 5.78 Å². The zero-order valence-electron chi connectivity index (χ0n) is 10.1. The van der Waals surface area contributed by atoms with Gasteiger partial charge >= 0.3 is 0 Å². The molecule has 0 aliphatic carbocycles. The van der Waals surface area contributed by atoms with E-state index in [-0.39, 0.29) is 10.6 Å². The molecule has 0 saturated carbocycles. The van der Waals surface area contributed by atoms with Crippen LogP contribution in [0.5, 0.6) is 0 Å². The maximum absolute atomic E-state index is 11.1. The van der Waals surface area contributed by atoms with Crippen LogP contribution >= 0.6 is 0 Å². The fraction of sp³-hybridized carbons (Fsp3) is 0.0769. The van der Waals surface area contributed by atoms with Gasteiger partial charge in [-0.05, 0) is 19.1 Å². The number of nitro benzene ring substituents is 1. The van der Waals surface area contributed by atoms with Gasteiger partial charge in [0.1, 0.15) is 0 Å². The molecule has 94 valence electrons. The SMILES string of the molecule is Cc1cn2c(-c3ccccc3[N+](=O)[O-])ccnc2n1. The molecule has 0 fully saturated rings. The number of imidazole rings is 1. The van der Waals surface area contributed by atoms with Crippen LogP contribution in [-0.4, -0.2) is 19.3 Å². The molecule has 0 bridgehead atoms. The molecule has 1 aromatic carbocycles. The highest BCUT2D eigenvalue weighted by molar-refractivity contribution is 5.72. The average Bonchev–Trinajstić information content (AvgIpc) is 2.78. The quantitative estimate of drug-likeness (QED) is 0.520. The van der Waals surface area contributed by atoms with Gasteiger partial charge in [-0.25, -0.2) is 9.97 Å². The number of benzene rings is 1. The standard InChI is InChI=1S/C13H10N4O2/c1-9-8-16-11(6-7-14-13(16)15-9)10-4-2-3-5-12(10)17(18)19/h2-8H,1H3. The lowest BCUT2D eigenvalue weighted by Crippen LogP contribution is -1.97. The van der Waals surface area contributed by atoms with E-state index >= 15 is 0 Å². The number of para-hydroxylation sites is 1. The fourth-order valence-electron chi connectivity index (χ4n) is 2.08. The smallest absolute Gasteiger partial charge is 0.278 e. The van der Waals surface area contributed by atoms with Crippen LogP contribution in [0.25, 0.3) is 17.0 Å². The zero-order valence-corrected chi connectivity index (χ0v) is 10.1. The number of hydrogen-bond donors (Lipinski definition) is 0. The lowest BCUT2D eigenvalue weighted by molar-refractivity contribution is -0.384. The molecule has 0 amide bonds. The summed E-state index contributed by atoms with van der Waals surface area (Å²) in [6.45, 7) is 1.86. The molecule has 0 aliphatic rings. The number of rotatable bonds is 2. The summed E-state index contributed by atoms with van der Waals surface area (Å²) in [5.41, 5.74) is 2.15. The Morgan fingerprint density at radius 1 is 1.26 bits per heavy atom. The van der Waals surface area contributed by atoms with Crippen molar-refractivity contribution in [2.45, 2.75) is 6.92 Å². The summed E-state index contributed by atoms with van der Waals surface area (Å²) in [4.78, 5) is 19.1. The van der Waals surface area contributed by atoms with Gasteiger partial charge in [0, 0.05) is 18.5 Å². The molecular formula is C13H10N4O2. The molecule has 0 spiro atoms. The van der Waals surface area contributed by atoms with Crippen LogP contribution in [0, 0.1) is 17.0 Å². The summed E-state index contributed by atoms with van der Waals surface area (Å²) in [6, 6.07) is 8.39. The second-order valence-corrected chi connectivity index (χ2v) is 4.16. The Morgan fingerprint density at radius 2 is 2.05 bits per heavy atom. The first-order valence-electron chi connectivity index (χ1n) is 5.71. The van der Waals surface area contributed by atoms with Crippen LogP contribution in [0.2, 0.25) is 0 Å². The van der Waals surface area contributed by atoms with Crippen LogP contribution in [0.3, 0.4) is 0 Å². The first-order valence-corrected chi connectivity index (χ1v) is 5.71. The van der Waals surface area contributed by atoms with Crippen molar-refractivity contribution in [1.82, 2.24) is 14.4 Å². The minimum Gasteiger partial charge on any atom is -0.283 e. The Bertz CT molecular complexity index is 779. The topological polar surface area (TPSA) is 73.3 Å². The minimum atomic E-state index is -0.384. The minimum absolute atomic E-state index is 0.0707. The highest BCUT2D eigenvalue weighted by Gasteiger charge is 2.16. The second-order valence-electron chi connectivity index (χ2n) is 4.16. The Balaban J connectivity index is 2.33. The molecular weight excluding hydrogens is 244 g/mol. The van der Waals surface area contributed by atoms with E-state index in [0.717, 1.165) is 5.69 Å². The van der Waals surface area contributed by atoms with E-state index in [4.69, 9.17) is 0 Å². The lowest BCUT2D eigenvalue weighted by Gasteiger charge is -2.05. The predicted molar refractivity (Wildman–Crippen MR) is 69.8 cm³/mol. The van der Waals surface area contributed by atoms with E-state index < -0.39 is 0 Å². The van der Waals surface area contributed by atoms with Crippen molar-refractivity contribution >= 4 is 11.5 Å². The summed E-state index contributed by atoms with van der Waals surface area (Å²) in [7, 11) is 0. The van der Waals surface area contributed by atoms with Crippen LogP contribution in [0.1, 0.15) is 5.69 Å². The Kier molecular flexibility index (Phi) is 2.49. The molecule has 6 heteroatoms. The third-order valence-electron chi connectivity index (χ3n) is 2.87. The van der Waals surface area contributed by atoms with Crippen molar-refractivity contribution in [2.24, 2.45) is 0 Å². The van der Waals surface area contributed by atoms with Crippen molar-refractivity contribution in [3.63, 3.8) is 0 Å². The Morgan fingerprint density at radius 3 is 2.84 bits per heavy atom. The average molecular weight is 254 g/mol. The van der Waals surface area contributed by atoms with Crippen LogP contribution in [0.15, 0.2) is 42.7 Å². The summed E-state index contributed by atoms with van der Waals surface area (Å²) in [5, 5.41) is 11.1. The largest absolute Gasteiger partial charge is 0.283 e. The van der Waals surface area contributed by atoms with E-state index in [1.54, 1.807) is 34.9 Å². The molecule has 2 aromatic heterocycles. The van der Waals surface area contributed by atoms with Gasteiger partial charge in [0.15, 0.2) is 0 Å². The van der Waals surface area contributed by atoms with Gasteiger partial charge in [-0.3, -0.25) is 14.5 Å². The normalized spacial score (nSPS) is 10.8. The summed E-state index contributed by atoms with van der Waals surface area (Å²) < 4.78 is 1.76. The highest BCUT2D eigenvalue weighted by atomic mass is 16.6. The Hall–Kier alpha value is -2.76. The number of fused-ring (bicyclic) bond motifs is 1. The molecule has 3 aromatic rings. The molecule has 0 atom stereocenters. The van der Waals surface area contributed by atoms with Crippen molar-refractivity contribution in [1.29, 1.82) is 0 Å². The van der Waals surface area contributed by atoms with Crippen LogP contribution in [0.4, 0.5) is 5.69 Å². The van der Waals surface area contributed by atoms with Gasteiger partial charge in [0.05, 0.1) is 21.9 Å². The molecule has 0 N–H and O–H groups in total. The summed E-state index contributed by atoms with van der Waals surface area (Å²) in [5.74, 6) is 0.535. The molecule has 0 radical (unpaired) electrons. The number of nitrogens with zero attached hydrogens (tertiary/aromatic N) is 4. The van der Waals surface area contributed by atoms with Gasteiger partial charge in [-0.2, -0.15) is 0 Å². The van der Waals surface area contributed by atoms with Crippen molar-refractivity contribution in [3.05, 3.63) is 58.5 Å².